The third kappa shape index (κ3) is 3.72. The number of benzene rings is 1. The van der Waals surface area contributed by atoms with Crippen molar-refractivity contribution in [2.24, 2.45) is 0 Å². The van der Waals surface area contributed by atoms with Crippen molar-refractivity contribution in [3.8, 4) is 5.69 Å². The van der Waals surface area contributed by atoms with Gasteiger partial charge in [0.15, 0.2) is 5.69 Å². The third-order valence-electron chi connectivity index (χ3n) is 5.68. The lowest BCUT2D eigenvalue weighted by atomic mass is 9.93. The van der Waals surface area contributed by atoms with E-state index in [1.807, 2.05) is 47.3 Å². The highest BCUT2D eigenvalue weighted by Crippen LogP contribution is 2.33. The molecule has 5 rings (SSSR count). The zero-order chi connectivity index (χ0) is 22.3. The van der Waals surface area contributed by atoms with Crippen LogP contribution in [0.15, 0.2) is 61.2 Å². The van der Waals surface area contributed by atoms with Gasteiger partial charge in [0, 0.05) is 42.7 Å². The van der Waals surface area contributed by atoms with Gasteiger partial charge in [0.25, 0.3) is 11.7 Å². The average molecular weight is 440 g/mol. The summed E-state index contributed by atoms with van der Waals surface area (Å²) in [5.74, 6) is -0.566. The van der Waals surface area contributed by atoms with E-state index in [0.717, 1.165) is 18.1 Å². The minimum atomic E-state index is -4.59. The summed E-state index contributed by atoms with van der Waals surface area (Å²) < 4.78 is 43.2. The predicted octanol–water partition coefficient (Wildman–Crippen LogP) is 3.95. The van der Waals surface area contributed by atoms with Crippen molar-refractivity contribution in [2.45, 2.75) is 24.9 Å². The number of alkyl halides is 3. The van der Waals surface area contributed by atoms with Crippen LogP contribution in [0.4, 0.5) is 13.2 Å². The predicted molar refractivity (Wildman–Crippen MR) is 109 cm³/mol. The van der Waals surface area contributed by atoms with Crippen molar-refractivity contribution in [3.05, 3.63) is 78.1 Å². The number of halogens is 3. The fourth-order valence-corrected chi connectivity index (χ4v) is 4.13. The van der Waals surface area contributed by atoms with Crippen LogP contribution in [0.3, 0.4) is 0 Å². The smallest absolute Gasteiger partial charge is 0.338 e. The van der Waals surface area contributed by atoms with Gasteiger partial charge in [0.05, 0.1) is 5.69 Å². The molecular formula is C22H19F3N6O. The van der Waals surface area contributed by atoms with Gasteiger partial charge in [-0.15, -0.1) is 0 Å². The molecule has 1 aliphatic heterocycles. The largest absolute Gasteiger partial charge is 0.433 e. The molecule has 4 aromatic rings. The van der Waals surface area contributed by atoms with Gasteiger partial charge in [0.1, 0.15) is 6.33 Å². The molecule has 3 aromatic heterocycles. The molecule has 10 heteroatoms. The Balaban J connectivity index is 1.42. The monoisotopic (exact) mass is 440 g/mol. The van der Waals surface area contributed by atoms with Crippen LogP contribution in [0.25, 0.3) is 11.5 Å². The minimum Gasteiger partial charge on any atom is -0.338 e. The fraction of sp³-hybridized carbons (Fsp3) is 0.273. The first-order chi connectivity index (χ1) is 15.4. The molecule has 0 spiro atoms. The Morgan fingerprint density at radius 2 is 1.91 bits per heavy atom. The van der Waals surface area contributed by atoms with Crippen LogP contribution in [0.2, 0.25) is 0 Å². The van der Waals surface area contributed by atoms with Gasteiger partial charge < -0.3 is 9.47 Å². The Hall–Kier alpha value is -3.69. The molecule has 1 saturated heterocycles. The van der Waals surface area contributed by atoms with Gasteiger partial charge in [-0.2, -0.15) is 27.8 Å². The van der Waals surface area contributed by atoms with Gasteiger partial charge in [-0.1, -0.05) is 6.07 Å². The molecular weight excluding hydrogens is 421 g/mol. The second kappa shape index (κ2) is 7.77. The summed E-state index contributed by atoms with van der Waals surface area (Å²) in [7, 11) is 0. The van der Waals surface area contributed by atoms with Crippen molar-refractivity contribution in [1.82, 2.24) is 29.0 Å². The first kappa shape index (κ1) is 20.2. The Morgan fingerprint density at radius 3 is 2.69 bits per heavy atom. The van der Waals surface area contributed by atoms with E-state index in [4.69, 9.17) is 0 Å². The molecule has 7 nitrogen and oxygen atoms in total. The summed E-state index contributed by atoms with van der Waals surface area (Å²) in [6.07, 6.45) is 1.56. The van der Waals surface area contributed by atoms with Crippen LogP contribution < -0.4 is 0 Å². The summed E-state index contributed by atoms with van der Waals surface area (Å²) in [5, 5.41) is 3.64. The highest BCUT2D eigenvalue weighted by atomic mass is 19.4. The van der Waals surface area contributed by atoms with E-state index < -0.39 is 11.9 Å². The number of carbonyl (C=O) groups is 1. The molecule has 164 valence electrons. The van der Waals surface area contributed by atoms with E-state index >= 15 is 0 Å². The quantitative estimate of drug-likeness (QED) is 0.484. The molecule has 1 fully saturated rings. The first-order valence-corrected chi connectivity index (χ1v) is 10.2. The van der Waals surface area contributed by atoms with E-state index in [9.17, 15) is 18.0 Å². The van der Waals surface area contributed by atoms with Crippen LogP contribution in [-0.2, 0) is 6.18 Å². The molecule has 0 aliphatic carbocycles. The van der Waals surface area contributed by atoms with Gasteiger partial charge in [-0.25, -0.2) is 4.98 Å². The molecule has 0 radical (unpaired) electrons. The molecule has 0 bridgehead atoms. The van der Waals surface area contributed by atoms with Crippen molar-refractivity contribution in [1.29, 1.82) is 0 Å². The SMILES string of the molecule is O=C(c1cccc(-n2cccc2)c1)N1CCCC(c2cc(C(F)(F)F)n3ncnc3n2)C1. The average Bonchev–Trinajstić information content (AvgIpc) is 3.49. The Bertz CT molecular complexity index is 1260. The first-order valence-electron chi connectivity index (χ1n) is 10.2. The maximum absolute atomic E-state index is 13.5. The van der Waals surface area contributed by atoms with Crippen molar-refractivity contribution >= 4 is 11.7 Å². The highest BCUT2D eigenvalue weighted by Gasteiger charge is 2.36. The number of hydrogen-bond donors (Lipinski definition) is 0. The van der Waals surface area contributed by atoms with E-state index in [2.05, 4.69) is 15.1 Å². The number of carbonyl (C=O) groups excluding carboxylic acids is 1. The van der Waals surface area contributed by atoms with E-state index in [1.165, 1.54) is 0 Å². The number of rotatable bonds is 3. The Morgan fingerprint density at radius 1 is 1.09 bits per heavy atom. The molecule has 1 aliphatic rings. The third-order valence-corrected chi connectivity index (χ3v) is 5.68. The maximum atomic E-state index is 13.5. The lowest BCUT2D eigenvalue weighted by Crippen LogP contribution is -2.39. The van der Waals surface area contributed by atoms with E-state index in [1.54, 1.807) is 11.0 Å². The van der Waals surface area contributed by atoms with Crippen LogP contribution in [0.1, 0.15) is 40.5 Å². The molecule has 1 unspecified atom stereocenters. The number of piperidine rings is 1. The van der Waals surface area contributed by atoms with Crippen LogP contribution in [-0.4, -0.2) is 48.0 Å². The molecule has 32 heavy (non-hydrogen) atoms. The second-order valence-corrected chi connectivity index (χ2v) is 7.77. The van der Waals surface area contributed by atoms with Gasteiger partial charge in [0.2, 0.25) is 0 Å². The minimum absolute atomic E-state index is 0.0994. The molecule has 0 saturated carbocycles. The van der Waals surface area contributed by atoms with Crippen LogP contribution in [0, 0.1) is 0 Å². The normalized spacial score (nSPS) is 17.1. The van der Waals surface area contributed by atoms with E-state index in [-0.39, 0.29) is 23.3 Å². The molecule has 4 heterocycles. The lowest BCUT2D eigenvalue weighted by Gasteiger charge is -2.33. The molecule has 0 N–H and O–H groups in total. The number of aromatic nitrogens is 5. The summed E-state index contributed by atoms with van der Waals surface area (Å²) in [5.41, 5.74) is 0.756. The summed E-state index contributed by atoms with van der Waals surface area (Å²) in [6, 6.07) is 12.1. The number of likely N-dealkylation sites (tertiary alicyclic amines) is 1. The summed E-state index contributed by atoms with van der Waals surface area (Å²) in [4.78, 5) is 23.0. The number of amides is 1. The van der Waals surface area contributed by atoms with Crippen LogP contribution in [0.5, 0.6) is 0 Å². The zero-order valence-electron chi connectivity index (χ0n) is 16.9. The molecule has 1 aromatic carbocycles. The highest BCUT2D eigenvalue weighted by molar-refractivity contribution is 5.94. The number of hydrogen-bond acceptors (Lipinski definition) is 4. The van der Waals surface area contributed by atoms with Crippen molar-refractivity contribution in [2.75, 3.05) is 13.1 Å². The van der Waals surface area contributed by atoms with Crippen LogP contribution >= 0.6 is 0 Å². The topological polar surface area (TPSA) is 68.3 Å². The maximum Gasteiger partial charge on any atom is 0.433 e. The number of fused-ring (bicyclic) bond motifs is 1. The Kier molecular flexibility index (Phi) is 4.91. The molecule has 1 amide bonds. The van der Waals surface area contributed by atoms with Crippen molar-refractivity contribution < 1.29 is 18.0 Å². The second-order valence-electron chi connectivity index (χ2n) is 7.77. The van der Waals surface area contributed by atoms with Crippen molar-refractivity contribution in [3.63, 3.8) is 0 Å². The van der Waals surface area contributed by atoms with E-state index in [0.29, 0.717) is 36.0 Å². The van der Waals surface area contributed by atoms with Gasteiger partial charge in [-0.05, 0) is 49.2 Å². The summed E-state index contributed by atoms with van der Waals surface area (Å²) in [6.45, 7) is 0.837. The Labute approximate surface area is 181 Å². The molecule has 1 atom stereocenters. The lowest BCUT2D eigenvalue weighted by molar-refractivity contribution is -0.142. The standard InChI is InChI=1S/C22H19F3N6O/c23-22(24,25)19-12-18(28-21-26-14-27-31(19)21)16-6-4-10-30(13-16)20(32)15-5-3-7-17(11-15)29-8-1-2-9-29/h1-3,5,7-9,11-12,14,16H,4,6,10,13H2. The fourth-order valence-electron chi connectivity index (χ4n) is 4.13. The van der Waals surface area contributed by atoms with Gasteiger partial charge in [-0.3, -0.25) is 4.79 Å². The van der Waals surface area contributed by atoms with Gasteiger partial charge >= 0.3 is 6.18 Å². The summed E-state index contributed by atoms with van der Waals surface area (Å²) >= 11 is 0. The number of nitrogens with zero attached hydrogens (tertiary/aromatic N) is 6. The zero-order valence-corrected chi connectivity index (χ0v) is 16.9.